The van der Waals surface area contributed by atoms with Crippen LogP contribution in [0.4, 0.5) is 17.6 Å². The summed E-state index contributed by atoms with van der Waals surface area (Å²) in [7, 11) is 4.11. The summed E-state index contributed by atoms with van der Waals surface area (Å²) in [5, 5.41) is 3.25. The van der Waals surface area contributed by atoms with Gasteiger partial charge in [-0.05, 0) is 19.5 Å². The highest BCUT2D eigenvalue weighted by molar-refractivity contribution is 5.50. The van der Waals surface area contributed by atoms with Crippen LogP contribution in [0.3, 0.4) is 0 Å². The van der Waals surface area contributed by atoms with Crippen molar-refractivity contribution < 1.29 is 0 Å². The fourth-order valence-electron chi connectivity index (χ4n) is 1.87. The molecule has 1 aromatic rings. The van der Waals surface area contributed by atoms with Crippen LogP contribution in [0, 0.1) is 5.41 Å². The first-order valence-corrected chi connectivity index (χ1v) is 5.82. The van der Waals surface area contributed by atoms with Gasteiger partial charge in [0.15, 0.2) is 0 Å². The van der Waals surface area contributed by atoms with E-state index in [-0.39, 0.29) is 11.4 Å². The molecule has 1 aromatic heterocycles. The lowest BCUT2D eigenvalue weighted by Crippen LogP contribution is -2.34. The molecule has 0 aliphatic rings. The lowest BCUT2D eigenvalue weighted by Gasteiger charge is -2.28. The van der Waals surface area contributed by atoms with Crippen LogP contribution in [-0.4, -0.2) is 42.1 Å². The van der Waals surface area contributed by atoms with Gasteiger partial charge in [0.25, 0.3) is 0 Å². The highest BCUT2D eigenvalue weighted by Crippen LogP contribution is 2.18. The molecular weight excluding hydrogens is 230 g/mol. The van der Waals surface area contributed by atoms with Crippen molar-refractivity contribution in [1.82, 2.24) is 14.9 Å². The third-order valence-electron chi connectivity index (χ3n) is 2.38. The van der Waals surface area contributed by atoms with E-state index in [1.807, 2.05) is 0 Å². The first-order valence-electron chi connectivity index (χ1n) is 5.82. The second-order valence-corrected chi connectivity index (χ2v) is 5.40. The smallest absolute Gasteiger partial charge is 0.223 e. The highest BCUT2D eigenvalue weighted by Gasteiger charge is 2.18. The number of aromatic nitrogens is 2. The Kier molecular flexibility index (Phi) is 4.69. The number of nitrogen functional groups attached to an aromatic ring is 2. The van der Waals surface area contributed by atoms with Crippen LogP contribution in [0.1, 0.15) is 13.8 Å². The van der Waals surface area contributed by atoms with Crippen molar-refractivity contribution in [3.63, 3.8) is 0 Å². The predicted octanol–water partition coefficient (Wildman–Crippen LogP) is 0.344. The second kappa shape index (κ2) is 5.83. The number of hydrogen-bond acceptors (Lipinski definition) is 7. The van der Waals surface area contributed by atoms with E-state index in [4.69, 9.17) is 11.6 Å². The summed E-state index contributed by atoms with van der Waals surface area (Å²) in [6, 6.07) is 1.72. The van der Waals surface area contributed by atoms with Crippen molar-refractivity contribution in [2.24, 2.45) is 11.3 Å². The van der Waals surface area contributed by atoms with Gasteiger partial charge in [-0.1, -0.05) is 13.8 Å². The Morgan fingerprint density at radius 2 is 1.89 bits per heavy atom. The SMILES string of the molecule is CN(C)CC(C)(C)CNc1cc(NN)nc(N)n1. The molecule has 0 aromatic carbocycles. The fourth-order valence-corrected chi connectivity index (χ4v) is 1.87. The average Bonchev–Trinajstić information content (AvgIpc) is 2.24. The van der Waals surface area contributed by atoms with Crippen molar-refractivity contribution in [3.8, 4) is 0 Å². The van der Waals surface area contributed by atoms with Crippen molar-refractivity contribution in [3.05, 3.63) is 6.07 Å². The van der Waals surface area contributed by atoms with Gasteiger partial charge in [-0.25, -0.2) is 5.84 Å². The van der Waals surface area contributed by atoms with Crippen LogP contribution in [0.5, 0.6) is 0 Å². The third-order valence-corrected chi connectivity index (χ3v) is 2.38. The largest absolute Gasteiger partial charge is 0.369 e. The average molecular weight is 253 g/mol. The molecule has 0 bridgehead atoms. The van der Waals surface area contributed by atoms with Gasteiger partial charge in [-0.3, -0.25) is 0 Å². The molecule has 0 atom stereocenters. The summed E-state index contributed by atoms with van der Waals surface area (Å²) in [4.78, 5) is 10.2. The lowest BCUT2D eigenvalue weighted by atomic mass is 9.93. The van der Waals surface area contributed by atoms with E-state index in [0.717, 1.165) is 13.1 Å². The Bertz CT molecular complexity index is 389. The van der Waals surface area contributed by atoms with Gasteiger partial charge < -0.3 is 21.4 Å². The molecule has 6 N–H and O–H groups in total. The maximum atomic E-state index is 5.59. The van der Waals surface area contributed by atoms with Gasteiger partial charge in [-0.15, -0.1) is 0 Å². The third kappa shape index (κ3) is 4.72. The van der Waals surface area contributed by atoms with Gasteiger partial charge >= 0.3 is 0 Å². The molecule has 1 rings (SSSR count). The van der Waals surface area contributed by atoms with E-state index >= 15 is 0 Å². The number of hydrogen-bond donors (Lipinski definition) is 4. The van der Waals surface area contributed by atoms with E-state index in [0.29, 0.717) is 11.6 Å². The fraction of sp³-hybridized carbons (Fsp3) is 0.636. The van der Waals surface area contributed by atoms with Crippen molar-refractivity contribution in [2.75, 3.05) is 43.7 Å². The minimum absolute atomic E-state index is 0.125. The number of rotatable bonds is 6. The van der Waals surface area contributed by atoms with Gasteiger partial charge in [0.05, 0.1) is 0 Å². The molecule has 0 fully saturated rings. The molecule has 0 aliphatic heterocycles. The van der Waals surface area contributed by atoms with Crippen LogP contribution in [-0.2, 0) is 0 Å². The maximum Gasteiger partial charge on any atom is 0.223 e. The zero-order chi connectivity index (χ0) is 13.8. The topological polar surface area (TPSA) is 105 Å². The molecule has 0 saturated carbocycles. The molecule has 0 radical (unpaired) electrons. The molecule has 0 amide bonds. The molecule has 7 heteroatoms. The Morgan fingerprint density at radius 1 is 1.28 bits per heavy atom. The predicted molar refractivity (Wildman–Crippen MR) is 75.1 cm³/mol. The Hall–Kier alpha value is -1.60. The van der Waals surface area contributed by atoms with Crippen LogP contribution < -0.4 is 22.3 Å². The quantitative estimate of drug-likeness (QED) is 0.428. The van der Waals surface area contributed by atoms with Crippen molar-refractivity contribution in [1.29, 1.82) is 0 Å². The van der Waals surface area contributed by atoms with Crippen molar-refractivity contribution in [2.45, 2.75) is 13.8 Å². The molecule has 0 aliphatic carbocycles. The normalized spacial score (nSPS) is 11.7. The zero-order valence-electron chi connectivity index (χ0n) is 11.5. The number of nitrogens with one attached hydrogen (secondary N) is 2. The molecular formula is C11H23N7. The molecule has 0 unspecified atom stereocenters. The Labute approximate surface area is 108 Å². The Balaban J connectivity index is 2.65. The van der Waals surface area contributed by atoms with Crippen LogP contribution >= 0.6 is 0 Å². The number of hydrazine groups is 1. The number of nitrogens with zero attached hydrogens (tertiary/aromatic N) is 3. The van der Waals surface area contributed by atoms with Crippen molar-refractivity contribution >= 4 is 17.6 Å². The maximum absolute atomic E-state index is 5.59. The van der Waals surface area contributed by atoms with E-state index in [1.54, 1.807) is 6.07 Å². The zero-order valence-corrected chi connectivity index (χ0v) is 11.5. The summed E-state index contributed by atoms with van der Waals surface area (Å²) in [6.45, 7) is 6.13. The summed E-state index contributed by atoms with van der Waals surface area (Å²) in [5.41, 5.74) is 8.17. The molecule has 7 nitrogen and oxygen atoms in total. The monoisotopic (exact) mass is 253 g/mol. The first-order chi connectivity index (χ1) is 8.32. The van der Waals surface area contributed by atoms with E-state index in [9.17, 15) is 0 Å². The van der Waals surface area contributed by atoms with Crippen LogP contribution in [0.2, 0.25) is 0 Å². The molecule has 0 spiro atoms. The molecule has 1 heterocycles. The number of nitrogens with two attached hydrogens (primary N) is 2. The van der Waals surface area contributed by atoms with Crippen LogP contribution in [0.15, 0.2) is 6.07 Å². The second-order valence-electron chi connectivity index (χ2n) is 5.40. The lowest BCUT2D eigenvalue weighted by molar-refractivity contribution is 0.254. The summed E-state index contributed by atoms with van der Waals surface area (Å²) in [5.74, 6) is 6.66. The number of anilines is 3. The molecule has 0 saturated heterocycles. The summed E-state index contributed by atoms with van der Waals surface area (Å²) in [6.07, 6.45) is 0. The molecule has 102 valence electrons. The first kappa shape index (κ1) is 14.5. The Morgan fingerprint density at radius 3 is 2.44 bits per heavy atom. The minimum atomic E-state index is 0.125. The highest BCUT2D eigenvalue weighted by atomic mass is 15.3. The van der Waals surface area contributed by atoms with E-state index in [1.165, 1.54) is 0 Å². The van der Waals surface area contributed by atoms with E-state index < -0.39 is 0 Å². The van der Waals surface area contributed by atoms with Gasteiger partial charge in [0.2, 0.25) is 5.95 Å². The summed E-state index contributed by atoms with van der Waals surface area (Å²) < 4.78 is 0. The minimum Gasteiger partial charge on any atom is -0.369 e. The molecule has 18 heavy (non-hydrogen) atoms. The van der Waals surface area contributed by atoms with Gasteiger partial charge in [0, 0.05) is 19.2 Å². The van der Waals surface area contributed by atoms with E-state index in [2.05, 4.69) is 53.6 Å². The standard InChI is InChI=1S/C11H23N7/c1-11(2,7-18(3)4)6-14-8-5-9(17-13)16-10(12)15-8/h5H,6-7,13H2,1-4H3,(H4,12,14,15,16,17). The van der Waals surface area contributed by atoms with Gasteiger partial charge in [-0.2, -0.15) is 9.97 Å². The van der Waals surface area contributed by atoms with Gasteiger partial charge in [0.1, 0.15) is 11.6 Å². The van der Waals surface area contributed by atoms with Crippen LogP contribution in [0.25, 0.3) is 0 Å². The summed E-state index contributed by atoms with van der Waals surface area (Å²) >= 11 is 0.